The van der Waals surface area contributed by atoms with Crippen molar-refractivity contribution in [3.63, 3.8) is 0 Å². The van der Waals surface area contributed by atoms with Gasteiger partial charge in [-0.15, -0.1) is 0 Å². The number of rotatable bonds is 8. The van der Waals surface area contributed by atoms with Crippen molar-refractivity contribution in [2.75, 3.05) is 37.4 Å². The van der Waals surface area contributed by atoms with Crippen molar-refractivity contribution in [1.82, 2.24) is 10.6 Å². The van der Waals surface area contributed by atoms with E-state index in [0.717, 1.165) is 6.54 Å². The number of hydrogen-bond donors (Lipinski definition) is 2. The molecule has 0 heterocycles. The number of aliphatic imine (C=N–C) groups is 1. The molecule has 0 radical (unpaired) electrons. The minimum Gasteiger partial charge on any atom is -0.357 e. The van der Waals surface area contributed by atoms with Crippen LogP contribution in [-0.2, 0) is 9.84 Å². The molecule has 0 fully saturated rings. The highest BCUT2D eigenvalue weighted by atomic mass is 32.2. The van der Waals surface area contributed by atoms with Gasteiger partial charge in [-0.1, -0.05) is 6.92 Å². The first-order valence-corrected chi connectivity index (χ1v) is 9.58. The van der Waals surface area contributed by atoms with Crippen LogP contribution in [0.25, 0.3) is 0 Å². The molecule has 0 saturated heterocycles. The lowest BCUT2D eigenvalue weighted by atomic mass is 10.2. The molecule has 0 atom stereocenters. The fourth-order valence-corrected chi connectivity index (χ4v) is 2.04. The topological polar surface area (TPSA) is 70.6 Å². The lowest BCUT2D eigenvalue weighted by molar-refractivity contribution is 0.595. The normalized spacial score (nSPS) is 13.4. The van der Waals surface area contributed by atoms with E-state index >= 15 is 0 Å². The molecule has 0 aliphatic heterocycles. The standard InChI is InChI=1S/C12H27N3O2S2/c1-6-13-11(15-10-12(3,4)18-5)14-8-9-19(16,17)7-2/h6-10H2,1-5H3,(H2,13,14,15). The van der Waals surface area contributed by atoms with E-state index in [1.165, 1.54) is 0 Å². The zero-order valence-corrected chi connectivity index (χ0v) is 14.2. The van der Waals surface area contributed by atoms with Gasteiger partial charge in [0.05, 0.1) is 12.3 Å². The van der Waals surface area contributed by atoms with Crippen molar-refractivity contribution in [1.29, 1.82) is 0 Å². The predicted molar refractivity (Wildman–Crippen MR) is 85.9 cm³/mol. The molecule has 0 aliphatic rings. The third-order valence-electron chi connectivity index (χ3n) is 2.66. The number of sulfone groups is 1. The summed E-state index contributed by atoms with van der Waals surface area (Å²) in [5, 5.41) is 6.18. The van der Waals surface area contributed by atoms with E-state index in [4.69, 9.17) is 0 Å². The van der Waals surface area contributed by atoms with Crippen LogP contribution >= 0.6 is 11.8 Å². The van der Waals surface area contributed by atoms with Gasteiger partial charge in [-0.3, -0.25) is 4.99 Å². The lowest BCUT2D eigenvalue weighted by Crippen LogP contribution is -2.40. The number of guanidine groups is 1. The Bertz CT molecular complexity index is 378. The highest BCUT2D eigenvalue weighted by molar-refractivity contribution is 7.99. The number of nitrogens with one attached hydrogen (secondary N) is 2. The Morgan fingerprint density at radius 2 is 1.89 bits per heavy atom. The van der Waals surface area contributed by atoms with E-state index in [2.05, 4.69) is 35.7 Å². The van der Waals surface area contributed by atoms with Crippen LogP contribution in [-0.4, -0.2) is 56.5 Å². The van der Waals surface area contributed by atoms with Crippen molar-refractivity contribution >= 4 is 27.6 Å². The molecule has 0 saturated carbocycles. The summed E-state index contributed by atoms with van der Waals surface area (Å²) in [4.78, 5) is 4.48. The van der Waals surface area contributed by atoms with Crippen molar-refractivity contribution in [3.05, 3.63) is 0 Å². The summed E-state index contributed by atoms with van der Waals surface area (Å²) in [5.41, 5.74) is 0. The van der Waals surface area contributed by atoms with Crippen LogP contribution < -0.4 is 10.6 Å². The van der Waals surface area contributed by atoms with Crippen molar-refractivity contribution < 1.29 is 8.42 Å². The minimum atomic E-state index is -2.93. The largest absolute Gasteiger partial charge is 0.357 e. The van der Waals surface area contributed by atoms with Crippen molar-refractivity contribution in [2.45, 2.75) is 32.4 Å². The molecule has 5 nitrogen and oxygen atoms in total. The Balaban J connectivity index is 4.38. The fraction of sp³-hybridized carbons (Fsp3) is 0.917. The molecule has 0 spiro atoms. The minimum absolute atomic E-state index is 0.0812. The molecule has 114 valence electrons. The van der Waals surface area contributed by atoms with Gasteiger partial charge < -0.3 is 10.6 Å². The van der Waals surface area contributed by atoms with Crippen LogP contribution in [0.15, 0.2) is 4.99 Å². The maximum atomic E-state index is 11.4. The molecule has 0 amide bonds. The molecule has 2 N–H and O–H groups in total. The first-order chi connectivity index (χ1) is 8.76. The molecular weight excluding hydrogens is 282 g/mol. The van der Waals surface area contributed by atoms with Crippen LogP contribution in [0.4, 0.5) is 0 Å². The summed E-state index contributed by atoms with van der Waals surface area (Å²) >= 11 is 1.76. The quantitative estimate of drug-likeness (QED) is 0.519. The second-order valence-electron chi connectivity index (χ2n) is 4.82. The van der Waals surface area contributed by atoms with E-state index in [-0.39, 0.29) is 16.3 Å². The Kier molecular flexibility index (Phi) is 8.49. The van der Waals surface area contributed by atoms with E-state index in [1.807, 2.05) is 6.92 Å². The number of nitrogens with zero attached hydrogens (tertiary/aromatic N) is 1. The molecule has 19 heavy (non-hydrogen) atoms. The lowest BCUT2D eigenvalue weighted by Gasteiger charge is -2.20. The molecule has 0 rings (SSSR count). The zero-order valence-electron chi connectivity index (χ0n) is 12.6. The molecular formula is C12H27N3O2S2. The summed E-state index contributed by atoms with van der Waals surface area (Å²) < 4.78 is 22.9. The third kappa shape index (κ3) is 9.15. The average molecular weight is 310 g/mol. The Labute approximate surface area is 121 Å². The van der Waals surface area contributed by atoms with Gasteiger partial charge in [-0.2, -0.15) is 11.8 Å². The fourth-order valence-electron chi connectivity index (χ4n) is 1.15. The molecule has 7 heteroatoms. The monoisotopic (exact) mass is 309 g/mol. The van der Waals surface area contributed by atoms with Gasteiger partial charge in [0.1, 0.15) is 0 Å². The van der Waals surface area contributed by atoms with Crippen LogP contribution in [0.1, 0.15) is 27.7 Å². The molecule has 0 unspecified atom stereocenters. The highest BCUT2D eigenvalue weighted by Crippen LogP contribution is 2.20. The van der Waals surface area contributed by atoms with Crippen molar-refractivity contribution in [3.8, 4) is 0 Å². The molecule has 0 aromatic heterocycles. The zero-order chi connectivity index (χ0) is 14.9. The maximum absolute atomic E-state index is 11.4. The average Bonchev–Trinajstić information content (AvgIpc) is 2.36. The van der Waals surface area contributed by atoms with Gasteiger partial charge in [0.2, 0.25) is 0 Å². The first kappa shape index (κ1) is 18.6. The SMILES string of the molecule is CCNC(=NCC(C)(C)SC)NCCS(=O)(=O)CC. The Hall–Kier alpha value is -0.430. The summed E-state index contributed by atoms with van der Waals surface area (Å²) in [7, 11) is -2.93. The smallest absolute Gasteiger partial charge is 0.191 e. The van der Waals surface area contributed by atoms with Crippen LogP contribution in [0.5, 0.6) is 0 Å². The van der Waals surface area contributed by atoms with E-state index in [9.17, 15) is 8.42 Å². The summed E-state index contributed by atoms with van der Waals surface area (Å²) in [6, 6.07) is 0. The van der Waals surface area contributed by atoms with Crippen molar-refractivity contribution in [2.24, 2.45) is 4.99 Å². The van der Waals surface area contributed by atoms with E-state index < -0.39 is 9.84 Å². The number of thioether (sulfide) groups is 1. The van der Waals surface area contributed by atoms with E-state index in [0.29, 0.717) is 19.0 Å². The second kappa shape index (κ2) is 8.68. The van der Waals surface area contributed by atoms with Crippen LogP contribution in [0.3, 0.4) is 0 Å². The highest BCUT2D eigenvalue weighted by Gasteiger charge is 2.15. The Morgan fingerprint density at radius 3 is 2.37 bits per heavy atom. The first-order valence-electron chi connectivity index (χ1n) is 6.54. The molecule has 0 aromatic carbocycles. The maximum Gasteiger partial charge on any atom is 0.191 e. The van der Waals surface area contributed by atoms with Crippen LogP contribution in [0.2, 0.25) is 0 Å². The van der Waals surface area contributed by atoms with Gasteiger partial charge in [-0.25, -0.2) is 8.42 Å². The number of hydrogen-bond acceptors (Lipinski definition) is 4. The summed E-state index contributed by atoms with van der Waals surface area (Å²) in [6.07, 6.45) is 2.06. The summed E-state index contributed by atoms with van der Waals surface area (Å²) in [6.45, 7) is 9.74. The molecule has 0 aromatic rings. The predicted octanol–water partition coefficient (Wildman–Crippen LogP) is 1.12. The molecule has 0 bridgehead atoms. The third-order valence-corrected chi connectivity index (χ3v) is 5.60. The van der Waals surface area contributed by atoms with Crippen LogP contribution in [0, 0.1) is 0 Å². The second-order valence-corrected chi connectivity index (χ2v) is 8.81. The Morgan fingerprint density at radius 1 is 1.26 bits per heavy atom. The summed E-state index contributed by atoms with van der Waals surface area (Å²) in [5.74, 6) is 0.998. The van der Waals surface area contributed by atoms with Gasteiger partial charge in [-0.05, 0) is 27.0 Å². The molecule has 0 aliphatic carbocycles. The van der Waals surface area contributed by atoms with Gasteiger partial charge in [0.25, 0.3) is 0 Å². The van der Waals surface area contributed by atoms with Gasteiger partial charge in [0.15, 0.2) is 15.8 Å². The van der Waals surface area contributed by atoms with Gasteiger partial charge >= 0.3 is 0 Å². The van der Waals surface area contributed by atoms with Gasteiger partial charge in [0, 0.05) is 23.6 Å². The van der Waals surface area contributed by atoms with E-state index in [1.54, 1.807) is 18.7 Å².